The minimum Gasteiger partial charge on any atom is -0.492 e. The predicted molar refractivity (Wildman–Crippen MR) is 92.9 cm³/mol. The summed E-state index contributed by atoms with van der Waals surface area (Å²) in [5.41, 5.74) is 0.238. The summed E-state index contributed by atoms with van der Waals surface area (Å²) in [4.78, 5) is 12.8. The summed E-state index contributed by atoms with van der Waals surface area (Å²) in [5, 5.41) is 12.2. The van der Waals surface area contributed by atoms with Crippen LogP contribution in [0.25, 0.3) is 0 Å². The van der Waals surface area contributed by atoms with Crippen molar-refractivity contribution in [3.8, 4) is 11.8 Å². The van der Waals surface area contributed by atoms with Crippen LogP contribution >= 0.6 is 0 Å². The van der Waals surface area contributed by atoms with Gasteiger partial charge >= 0.3 is 0 Å². The lowest BCUT2D eigenvalue weighted by Gasteiger charge is -2.37. The highest BCUT2D eigenvalue weighted by atomic mass is 16.5. The molecule has 1 aliphatic carbocycles. The maximum Gasteiger partial charge on any atom is 0.256 e. The highest BCUT2D eigenvalue weighted by Gasteiger charge is 2.42. The molecule has 1 N–H and O–H groups in total. The van der Waals surface area contributed by atoms with Crippen molar-refractivity contribution in [2.24, 2.45) is 5.92 Å². The summed E-state index contributed by atoms with van der Waals surface area (Å²) in [6, 6.07) is 7.26. The highest BCUT2D eigenvalue weighted by molar-refractivity contribution is 5.97. The van der Waals surface area contributed by atoms with Crippen molar-refractivity contribution in [1.82, 2.24) is 0 Å². The molecule has 0 unspecified atom stereocenters. The molecule has 24 heavy (non-hydrogen) atoms. The molecule has 1 aliphatic rings. The number of benzene rings is 1. The van der Waals surface area contributed by atoms with Crippen molar-refractivity contribution < 1.29 is 14.3 Å². The zero-order valence-corrected chi connectivity index (χ0v) is 14.7. The zero-order valence-electron chi connectivity index (χ0n) is 14.7. The van der Waals surface area contributed by atoms with Crippen molar-refractivity contribution in [2.45, 2.75) is 51.6 Å². The summed E-state index contributed by atoms with van der Waals surface area (Å²) in [6.45, 7) is 4.72. The van der Waals surface area contributed by atoms with Gasteiger partial charge in [0, 0.05) is 12.8 Å². The van der Waals surface area contributed by atoms with E-state index in [1.54, 1.807) is 25.3 Å². The van der Waals surface area contributed by atoms with E-state index in [2.05, 4.69) is 18.3 Å². The Labute approximate surface area is 144 Å². The quantitative estimate of drug-likeness (QED) is 0.859. The molecule has 0 spiro atoms. The first-order valence-corrected chi connectivity index (χ1v) is 8.58. The molecule has 5 nitrogen and oxygen atoms in total. The highest BCUT2D eigenvalue weighted by Crippen LogP contribution is 2.36. The monoisotopic (exact) mass is 330 g/mol. The Morgan fingerprint density at radius 2 is 2.29 bits per heavy atom. The number of hydrogen-bond donors (Lipinski definition) is 1. The number of rotatable bonds is 6. The van der Waals surface area contributed by atoms with Crippen LogP contribution in [0.1, 0.15) is 51.5 Å². The largest absolute Gasteiger partial charge is 0.492 e. The number of nitriles is 1. The van der Waals surface area contributed by atoms with E-state index in [9.17, 15) is 10.1 Å². The van der Waals surface area contributed by atoms with Crippen LogP contribution in [0.5, 0.6) is 5.75 Å². The Kier molecular flexibility index (Phi) is 6.22. The van der Waals surface area contributed by atoms with E-state index >= 15 is 0 Å². The maximum absolute atomic E-state index is 12.8. The molecular weight excluding hydrogens is 304 g/mol. The van der Waals surface area contributed by atoms with Gasteiger partial charge in [-0.05, 0) is 49.8 Å². The average molecular weight is 330 g/mol. The average Bonchev–Trinajstić information content (AvgIpc) is 2.60. The number of hydrogen-bond acceptors (Lipinski definition) is 4. The summed E-state index contributed by atoms with van der Waals surface area (Å²) in [5.74, 6) is 0.872. The molecule has 0 radical (unpaired) electrons. The molecule has 1 saturated carbocycles. The van der Waals surface area contributed by atoms with Crippen molar-refractivity contribution in [3.05, 3.63) is 23.8 Å². The molecule has 1 aromatic rings. The van der Waals surface area contributed by atoms with Gasteiger partial charge in [-0.1, -0.05) is 20.3 Å². The third-order valence-electron chi connectivity index (χ3n) is 4.58. The summed E-state index contributed by atoms with van der Waals surface area (Å²) >= 11 is 0. The van der Waals surface area contributed by atoms with Gasteiger partial charge in [0.05, 0.1) is 12.2 Å². The molecule has 1 amide bonds. The maximum atomic E-state index is 12.8. The SMILES string of the molecule is CCCOc1ccc(NC(=O)[C@@]2(OC)CCC[C@@H](C)C2)cc1C#N. The topological polar surface area (TPSA) is 71.3 Å². The van der Waals surface area contributed by atoms with E-state index in [1.165, 1.54) is 0 Å². The molecule has 2 atom stereocenters. The van der Waals surface area contributed by atoms with Crippen molar-refractivity contribution in [1.29, 1.82) is 5.26 Å². The molecular formula is C19H26N2O3. The number of methoxy groups -OCH3 is 1. The predicted octanol–water partition coefficient (Wildman–Crippen LogP) is 3.88. The van der Waals surface area contributed by atoms with Gasteiger partial charge < -0.3 is 14.8 Å². The van der Waals surface area contributed by atoms with Gasteiger partial charge in [0.1, 0.15) is 17.4 Å². The normalized spacial score (nSPS) is 23.3. The van der Waals surface area contributed by atoms with Crippen molar-refractivity contribution in [2.75, 3.05) is 19.0 Å². The second kappa shape index (κ2) is 8.16. The van der Waals surface area contributed by atoms with Crippen LogP contribution in [0.3, 0.4) is 0 Å². The van der Waals surface area contributed by atoms with Crippen LogP contribution in [0.2, 0.25) is 0 Å². The smallest absolute Gasteiger partial charge is 0.256 e. The number of anilines is 1. The number of nitrogens with zero attached hydrogens (tertiary/aromatic N) is 1. The third kappa shape index (κ3) is 4.07. The van der Waals surface area contributed by atoms with Gasteiger partial charge in [0.15, 0.2) is 0 Å². The van der Waals surface area contributed by atoms with E-state index in [0.717, 1.165) is 32.1 Å². The van der Waals surface area contributed by atoms with Crippen molar-refractivity contribution >= 4 is 11.6 Å². The first kappa shape index (κ1) is 18.3. The minimum absolute atomic E-state index is 0.136. The number of carbonyl (C=O) groups excluding carboxylic acids is 1. The van der Waals surface area contributed by atoms with Crippen LogP contribution in [0.15, 0.2) is 18.2 Å². The second-order valence-corrected chi connectivity index (χ2v) is 6.53. The zero-order chi connectivity index (χ0) is 17.6. The molecule has 0 aliphatic heterocycles. The van der Waals surface area contributed by atoms with Crippen molar-refractivity contribution in [3.63, 3.8) is 0 Å². The van der Waals surface area contributed by atoms with E-state index < -0.39 is 5.60 Å². The molecule has 2 rings (SSSR count). The fraction of sp³-hybridized carbons (Fsp3) is 0.579. The van der Waals surface area contributed by atoms with Crippen LogP contribution in [0.4, 0.5) is 5.69 Å². The summed E-state index contributed by atoms with van der Waals surface area (Å²) in [7, 11) is 1.60. The lowest BCUT2D eigenvalue weighted by Crippen LogP contribution is -2.47. The molecule has 0 bridgehead atoms. The van der Waals surface area contributed by atoms with E-state index in [4.69, 9.17) is 9.47 Å². The summed E-state index contributed by atoms with van der Waals surface area (Å²) in [6.07, 6.45) is 4.43. The summed E-state index contributed by atoms with van der Waals surface area (Å²) < 4.78 is 11.2. The molecule has 0 aromatic heterocycles. The number of nitrogens with one attached hydrogen (secondary N) is 1. The van der Waals surface area contributed by atoms with Gasteiger partial charge in [-0.15, -0.1) is 0 Å². The fourth-order valence-corrected chi connectivity index (χ4v) is 3.27. The Morgan fingerprint density at radius 1 is 1.50 bits per heavy atom. The molecule has 0 saturated heterocycles. The van der Waals surface area contributed by atoms with Crippen LogP contribution in [0, 0.1) is 17.2 Å². The minimum atomic E-state index is -0.776. The fourth-order valence-electron chi connectivity index (χ4n) is 3.27. The van der Waals surface area contributed by atoms with Gasteiger partial charge in [0.2, 0.25) is 0 Å². The van der Waals surface area contributed by atoms with Crippen LogP contribution in [-0.4, -0.2) is 25.2 Å². The third-order valence-corrected chi connectivity index (χ3v) is 4.58. The second-order valence-electron chi connectivity index (χ2n) is 6.53. The Morgan fingerprint density at radius 3 is 2.92 bits per heavy atom. The first-order chi connectivity index (χ1) is 11.5. The Balaban J connectivity index is 2.15. The standard InChI is InChI=1S/C19H26N2O3/c1-4-10-24-17-8-7-16(11-15(17)13-20)21-18(22)19(23-3)9-5-6-14(2)12-19/h7-8,11,14H,4-6,9-10,12H2,1-3H3,(H,21,22)/t14-,19-/m1/s1. The molecule has 1 aromatic carbocycles. The number of carbonyl (C=O) groups is 1. The number of amides is 1. The molecule has 5 heteroatoms. The molecule has 1 fully saturated rings. The molecule has 0 heterocycles. The van der Waals surface area contributed by atoms with E-state index in [-0.39, 0.29) is 5.91 Å². The van der Waals surface area contributed by atoms with Crippen LogP contribution < -0.4 is 10.1 Å². The van der Waals surface area contributed by atoms with E-state index in [1.807, 2.05) is 6.92 Å². The van der Waals surface area contributed by atoms with E-state index in [0.29, 0.717) is 29.5 Å². The number of ether oxygens (including phenoxy) is 2. The van der Waals surface area contributed by atoms with Gasteiger partial charge in [-0.25, -0.2) is 0 Å². The first-order valence-electron chi connectivity index (χ1n) is 8.58. The van der Waals surface area contributed by atoms with Gasteiger partial charge in [-0.2, -0.15) is 5.26 Å². The van der Waals surface area contributed by atoms with Crippen LogP contribution in [-0.2, 0) is 9.53 Å². The Bertz CT molecular complexity index is 624. The van der Waals surface area contributed by atoms with Gasteiger partial charge in [-0.3, -0.25) is 4.79 Å². The lowest BCUT2D eigenvalue weighted by molar-refractivity contribution is -0.143. The Hall–Kier alpha value is -2.06. The van der Waals surface area contributed by atoms with Gasteiger partial charge in [0.25, 0.3) is 5.91 Å². The lowest BCUT2D eigenvalue weighted by atomic mass is 9.78. The molecule has 130 valence electrons.